The molecule has 0 aromatic rings. The molecule has 0 saturated carbocycles. The fraction of sp³-hybridized carbons (Fsp3) is 0.556. The zero-order chi connectivity index (χ0) is 9.11. The van der Waals surface area contributed by atoms with E-state index >= 15 is 0 Å². The highest BCUT2D eigenvalue weighted by atomic mass is 14.8. The van der Waals surface area contributed by atoms with Crippen molar-refractivity contribution in [2.75, 3.05) is 0 Å². The molecule has 2 nitrogen and oxygen atoms in total. The second kappa shape index (κ2) is 11.8. The standard InChI is InChI=1S/C7H12N2.C2H6/c1-4-7(3)9-6-8-5-2;1-2/h5-6H,3-4H2,1-2H3;1-2H3. The highest BCUT2D eigenvalue weighted by Crippen LogP contribution is 1.94. The van der Waals surface area contributed by atoms with Gasteiger partial charge in [0.2, 0.25) is 0 Å². The average molecular weight is 154 g/mol. The monoisotopic (exact) mass is 154 g/mol. The van der Waals surface area contributed by atoms with Gasteiger partial charge in [-0.2, -0.15) is 0 Å². The molecular formula is C9H18N2. The fourth-order valence-corrected chi connectivity index (χ4v) is 0.273. The normalized spacial score (nSPS) is 9.82. The van der Waals surface area contributed by atoms with E-state index < -0.39 is 0 Å². The lowest BCUT2D eigenvalue weighted by Gasteiger charge is -1.86. The van der Waals surface area contributed by atoms with Crippen LogP contribution in [0.15, 0.2) is 22.3 Å². The van der Waals surface area contributed by atoms with E-state index in [-0.39, 0.29) is 0 Å². The first-order valence-corrected chi connectivity index (χ1v) is 3.99. The molecule has 2 heteroatoms. The molecule has 11 heavy (non-hydrogen) atoms. The topological polar surface area (TPSA) is 24.7 Å². The highest BCUT2D eigenvalue weighted by molar-refractivity contribution is 5.71. The molecule has 0 aromatic carbocycles. The van der Waals surface area contributed by atoms with Crippen molar-refractivity contribution in [2.24, 2.45) is 9.98 Å². The number of rotatable bonds is 3. The Bertz CT molecular complexity index is 134. The SMILES string of the molecule is C=C(CC)N=CN=CC.CC. The summed E-state index contributed by atoms with van der Waals surface area (Å²) in [5.74, 6) is 0. The lowest BCUT2D eigenvalue weighted by Crippen LogP contribution is -1.72. The summed E-state index contributed by atoms with van der Waals surface area (Å²) in [7, 11) is 0. The van der Waals surface area contributed by atoms with Crippen molar-refractivity contribution in [3.05, 3.63) is 12.3 Å². The van der Waals surface area contributed by atoms with Gasteiger partial charge in [-0.05, 0) is 13.3 Å². The Labute approximate surface area is 69.8 Å². The van der Waals surface area contributed by atoms with E-state index in [0.29, 0.717) is 0 Å². The van der Waals surface area contributed by atoms with Crippen LogP contribution in [0, 0.1) is 0 Å². The van der Waals surface area contributed by atoms with Crippen LogP contribution in [0.1, 0.15) is 34.1 Å². The van der Waals surface area contributed by atoms with Crippen molar-refractivity contribution in [3.8, 4) is 0 Å². The summed E-state index contributed by atoms with van der Waals surface area (Å²) in [6, 6.07) is 0. The second-order valence-electron chi connectivity index (χ2n) is 1.57. The molecule has 0 rings (SSSR count). The van der Waals surface area contributed by atoms with E-state index in [2.05, 4.69) is 16.6 Å². The smallest absolute Gasteiger partial charge is 0.115 e. The summed E-state index contributed by atoms with van der Waals surface area (Å²) in [5.41, 5.74) is 0.862. The van der Waals surface area contributed by atoms with Crippen molar-refractivity contribution in [2.45, 2.75) is 34.1 Å². The van der Waals surface area contributed by atoms with Crippen LogP contribution >= 0.6 is 0 Å². The van der Waals surface area contributed by atoms with Gasteiger partial charge in [-0.15, -0.1) is 0 Å². The maximum atomic E-state index is 3.92. The van der Waals surface area contributed by atoms with Gasteiger partial charge in [0.1, 0.15) is 6.34 Å². The van der Waals surface area contributed by atoms with Crippen molar-refractivity contribution < 1.29 is 0 Å². The third kappa shape index (κ3) is 12.3. The molecular weight excluding hydrogens is 136 g/mol. The lowest BCUT2D eigenvalue weighted by molar-refractivity contribution is 1.08. The van der Waals surface area contributed by atoms with Gasteiger partial charge >= 0.3 is 0 Å². The third-order valence-electron chi connectivity index (χ3n) is 0.864. The van der Waals surface area contributed by atoms with E-state index in [1.807, 2.05) is 27.7 Å². The van der Waals surface area contributed by atoms with Gasteiger partial charge in [0.05, 0.1) is 0 Å². The Morgan fingerprint density at radius 2 is 2.00 bits per heavy atom. The number of hydrogen-bond donors (Lipinski definition) is 0. The molecule has 0 N–H and O–H groups in total. The van der Waals surface area contributed by atoms with Crippen LogP contribution in [0.5, 0.6) is 0 Å². The van der Waals surface area contributed by atoms with Crippen molar-refractivity contribution >= 4 is 12.6 Å². The Morgan fingerprint density at radius 3 is 2.36 bits per heavy atom. The maximum Gasteiger partial charge on any atom is 0.115 e. The largest absolute Gasteiger partial charge is 0.250 e. The van der Waals surface area contributed by atoms with E-state index in [4.69, 9.17) is 0 Å². The third-order valence-corrected chi connectivity index (χ3v) is 0.864. The number of hydrogen-bond acceptors (Lipinski definition) is 1. The summed E-state index contributed by atoms with van der Waals surface area (Å²) in [6.07, 6.45) is 4.08. The quantitative estimate of drug-likeness (QED) is 0.441. The van der Waals surface area contributed by atoms with Crippen molar-refractivity contribution in [3.63, 3.8) is 0 Å². The number of aliphatic imine (C=N–C) groups is 2. The summed E-state index contributed by atoms with van der Waals surface area (Å²) in [5, 5.41) is 0. The molecule has 0 saturated heterocycles. The van der Waals surface area contributed by atoms with Crippen molar-refractivity contribution in [1.82, 2.24) is 0 Å². The predicted molar refractivity (Wildman–Crippen MR) is 53.4 cm³/mol. The lowest BCUT2D eigenvalue weighted by atomic mass is 10.4. The molecule has 0 atom stereocenters. The molecule has 64 valence electrons. The van der Waals surface area contributed by atoms with Gasteiger partial charge in [-0.1, -0.05) is 27.4 Å². The number of nitrogens with zero attached hydrogens (tertiary/aromatic N) is 2. The molecule has 0 heterocycles. The van der Waals surface area contributed by atoms with Gasteiger partial charge in [-0.25, -0.2) is 9.98 Å². The maximum absolute atomic E-state index is 3.92. The van der Waals surface area contributed by atoms with Crippen LogP contribution in [0.2, 0.25) is 0 Å². The minimum atomic E-state index is 0.862. The van der Waals surface area contributed by atoms with E-state index in [9.17, 15) is 0 Å². The summed E-state index contributed by atoms with van der Waals surface area (Å²) >= 11 is 0. The van der Waals surface area contributed by atoms with Gasteiger partial charge in [0.15, 0.2) is 0 Å². The molecule has 0 aliphatic rings. The van der Waals surface area contributed by atoms with Crippen LogP contribution in [-0.2, 0) is 0 Å². The number of allylic oxidation sites excluding steroid dienone is 1. The summed E-state index contributed by atoms with van der Waals surface area (Å²) < 4.78 is 0. The highest BCUT2D eigenvalue weighted by Gasteiger charge is 1.77. The second-order valence-corrected chi connectivity index (χ2v) is 1.57. The van der Waals surface area contributed by atoms with Crippen molar-refractivity contribution in [1.29, 1.82) is 0 Å². The first-order chi connectivity index (χ1) is 5.31. The predicted octanol–water partition coefficient (Wildman–Crippen LogP) is 3.06. The Hall–Kier alpha value is -0.920. The molecule has 0 unspecified atom stereocenters. The molecule has 0 aliphatic carbocycles. The fourth-order valence-electron chi connectivity index (χ4n) is 0.273. The minimum Gasteiger partial charge on any atom is -0.250 e. The average Bonchev–Trinajstić information content (AvgIpc) is 2.08. The Kier molecular flexibility index (Phi) is 13.7. The van der Waals surface area contributed by atoms with Gasteiger partial charge in [0.25, 0.3) is 0 Å². The van der Waals surface area contributed by atoms with E-state index in [1.165, 1.54) is 6.34 Å². The summed E-state index contributed by atoms with van der Waals surface area (Å²) in [6.45, 7) is 11.5. The van der Waals surface area contributed by atoms with Crippen LogP contribution in [0.3, 0.4) is 0 Å². The van der Waals surface area contributed by atoms with Gasteiger partial charge < -0.3 is 0 Å². The van der Waals surface area contributed by atoms with Gasteiger partial charge in [0, 0.05) is 11.9 Å². The minimum absolute atomic E-state index is 0.862. The molecule has 0 radical (unpaired) electrons. The summed E-state index contributed by atoms with van der Waals surface area (Å²) in [4.78, 5) is 7.70. The molecule has 0 aromatic heterocycles. The zero-order valence-electron chi connectivity index (χ0n) is 7.96. The van der Waals surface area contributed by atoms with Crippen LogP contribution < -0.4 is 0 Å². The molecule has 0 fully saturated rings. The van der Waals surface area contributed by atoms with Gasteiger partial charge in [-0.3, -0.25) is 0 Å². The molecule has 0 spiro atoms. The zero-order valence-corrected chi connectivity index (χ0v) is 7.96. The molecule has 0 bridgehead atoms. The van der Waals surface area contributed by atoms with Crippen LogP contribution in [0.25, 0.3) is 0 Å². The first-order valence-electron chi connectivity index (χ1n) is 3.99. The van der Waals surface area contributed by atoms with Crippen LogP contribution in [0.4, 0.5) is 0 Å². The molecule has 0 aliphatic heterocycles. The van der Waals surface area contributed by atoms with E-state index in [1.54, 1.807) is 6.21 Å². The van der Waals surface area contributed by atoms with E-state index in [0.717, 1.165) is 12.1 Å². The molecule has 0 amide bonds. The first kappa shape index (κ1) is 12.7. The Balaban J connectivity index is 0. The van der Waals surface area contributed by atoms with Crippen LogP contribution in [-0.4, -0.2) is 12.6 Å². The Morgan fingerprint density at radius 1 is 1.45 bits per heavy atom.